The number of aryl methyl sites for hydroxylation is 1. The number of carbonyl (C=O) groups is 3. The third-order valence-corrected chi connectivity index (χ3v) is 6.05. The molecule has 2 N–H and O–H groups in total. The number of ketones is 1. The van der Waals surface area contributed by atoms with E-state index in [1.807, 2.05) is 4.90 Å². The molecule has 0 bridgehead atoms. The molecule has 11 heteroatoms. The Hall–Kier alpha value is -3.34. The van der Waals surface area contributed by atoms with Crippen molar-refractivity contribution in [1.82, 2.24) is 14.8 Å². The van der Waals surface area contributed by atoms with Gasteiger partial charge >= 0.3 is 6.36 Å². The van der Waals surface area contributed by atoms with E-state index in [9.17, 15) is 27.6 Å². The van der Waals surface area contributed by atoms with Crippen LogP contribution in [0.25, 0.3) is 0 Å². The van der Waals surface area contributed by atoms with Gasteiger partial charge < -0.3 is 19.9 Å². The molecule has 2 heterocycles. The molecule has 1 aromatic carbocycles. The minimum atomic E-state index is -4.77. The minimum Gasteiger partial charge on any atom is -0.406 e. The molecule has 1 fully saturated rings. The van der Waals surface area contributed by atoms with Gasteiger partial charge in [-0.05, 0) is 49.6 Å². The van der Waals surface area contributed by atoms with Crippen LogP contribution in [0.5, 0.6) is 5.75 Å². The fourth-order valence-corrected chi connectivity index (χ4v) is 4.40. The topological polar surface area (TPSA) is 94.7 Å². The number of aromatic nitrogens is 1. The third-order valence-electron chi connectivity index (χ3n) is 6.05. The number of benzene rings is 1. The van der Waals surface area contributed by atoms with E-state index in [0.717, 1.165) is 30.7 Å². The second-order valence-corrected chi connectivity index (χ2v) is 8.44. The fourth-order valence-electron chi connectivity index (χ4n) is 4.40. The number of alkyl halides is 3. The van der Waals surface area contributed by atoms with E-state index < -0.39 is 6.36 Å². The molecule has 0 unspecified atom stereocenters. The second-order valence-electron chi connectivity index (χ2n) is 8.44. The number of anilines is 1. The Kier molecular flexibility index (Phi) is 6.65. The Morgan fingerprint density at radius 1 is 1.09 bits per heavy atom. The Morgan fingerprint density at radius 3 is 2.38 bits per heavy atom. The smallest absolute Gasteiger partial charge is 0.406 e. The van der Waals surface area contributed by atoms with E-state index in [2.05, 4.69) is 15.0 Å². The second kappa shape index (κ2) is 9.49. The van der Waals surface area contributed by atoms with Crippen LogP contribution in [0.4, 0.5) is 18.9 Å². The lowest BCUT2D eigenvalue weighted by Gasteiger charge is -2.34. The maximum atomic E-state index is 13.0. The van der Waals surface area contributed by atoms with Crippen LogP contribution in [0.3, 0.4) is 0 Å². The highest BCUT2D eigenvalue weighted by molar-refractivity contribution is 6.04. The van der Waals surface area contributed by atoms with E-state index in [4.69, 9.17) is 0 Å². The third kappa shape index (κ3) is 5.41. The molecule has 0 atom stereocenters. The van der Waals surface area contributed by atoms with Crippen molar-refractivity contribution < 1.29 is 32.3 Å². The van der Waals surface area contributed by atoms with E-state index >= 15 is 0 Å². The Labute approximate surface area is 194 Å². The first kappa shape index (κ1) is 23.8. The Bertz CT molecular complexity index is 1090. The number of Topliss-reactive ketones (excluding diaryl/α,β-unsaturated/α-hetero) is 1. The number of rotatable bonds is 5. The first-order chi connectivity index (χ1) is 16.1. The van der Waals surface area contributed by atoms with Crippen molar-refractivity contribution >= 4 is 23.3 Å². The molecule has 4 rings (SSSR count). The predicted octanol–water partition coefficient (Wildman–Crippen LogP) is 3.14. The van der Waals surface area contributed by atoms with Gasteiger partial charge in [0.25, 0.3) is 5.91 Å². The van der Waals surface area contributed by atoms with Gasteiger partial charge in [-0.2, -0.15) is 0 Å². The fraction of sp³-hybridized carbons (Fsp3) is 0.435. The van der Waals surface area contributed by atoms with Gasteiger partial charge in [-0.15, -0.1) is 13.2 Å². The maximum absolute atomic E-state index is 13.0. The molecule has 2 amide bonds. The first-order valence-corrected chi connectivity index (χ1v) is 11.0. The lowest BCUT2D eigenvalue weighted by molar-refractivity contribution is -0.274. The van der Waals surface area contributed by atoms with Gasteiger partial charge in [0, 0.05) is 49.5 Å². The molecule has 0 spiro atoms. The number of hydrogen-bond donors (Lipinski definition) is 2. The number of hydrogen-bond acceptors (Lipinski definition) is 5. The van der Waals surface area contributed by atoms with Crippen LogP contribution in [0.1, 0.15) is 44.9 Å². The largest absolute Gasteiger partial charge is 0.573 e. The number of nitrogens with zero attached hydrogens (tertiary/aromatic N) is 2. The highest BCUT2D eigenvalue weighted by atomic mass is 19.4. The summed E-state index contributed by atoms with van der Waals surface area (Å²) in [6.45, 7) is 3.76. The summed E-state index contributed by atoms with van der Waals surface area (Å²) in [7, 11) is 0. The van der Waals surface area contributed by atoms with Crippen molar-refractivity contribution in [3.63, 3.8) is 0 Å². The molecule has 182 valence electrons. The quantitative estimate of drug-likeness (QED) is 0.689. The zero-order valence-electron chi connectivity index (χ0n) is 18.6. The van der Waals surface area contributed by atoms with Crippen molar-refractivity contribution in [2.24, 2.45) is 0 Å². The van der Waals surface area contributed by atoms with Crippen molar-refractivity contribution in [3.8, 4) is 5.75 Å². The summed E-state index contributed by atoms with van der Waals surface area (Å²) in [5.74, 6) is -0.748. The average molecular weight is 478 g/mol. The Morgan fingerprint density at radius 2 is 1.76 bits per heavy atom. The summed E-state index contributed by atoms with van der Waals surface area (Å²) in [4.78, 5) is 44.4. The molecule has 0 radical (unpaired) electrons. The molecule has 2 aliphatic rings. The monoisotopic (exact) mass is 478 g/mol. The van der Waals surface area contributed by atoms with Crippen molar-refractivity contribution in [2.75, 3.05) is 38.0 Å². The predicted molar refractivity (Wildman–Crippen MR) is 117 cm³/mol. The molecular weight excluding hydrogens is 453 g/mol. The normalized spacial score (nSPS) is 16.8. The van der Waals surface area contributed by atoms with Gasteiger partial charge in [0.1, 0.15) is 11.4 Å². The van der Waals surface area contributed by atoms with E-state index in [1.54, 1.807) is 11.8 Å². The molecular formula is C23H25F3N4O4. The van der Waals surface area contributed by atoms with Crippen LogP contribution in [0.2, 0.25) is 0 Å². The molecule has 34 heavy (non-hydrogen) atoms. The number of amides is 2. The molecule has 8 nitrogen and oxygen atoms in total. The van der Waals surface area contributed by atoms with Gasteiger partial charge in [0.05, 0.1) is 6.54 Å². The van der Waals surface area contributed by atoms with Crippen LogP contribution in [-0.4, -0.2) is 71.5 Å². The van der Waals surface area contributed by atoms with Crippen LogP contribution < -0.4 is 10.1 Å². The molecule has 2 aromatic rings. The van der Waals surface area contributed by atoms with Crippen molar-refractivity contribution in [3.05, 3.63) is 46.8 Å². The molecule has 1 aliphatic heterocycles. The number of carbonyl (C=O) groups excluding carboxylic acids is 3. The molecule has 1 aromatic heterocycles. The van der Waals surface area contributed by atoms with E-state index in [-0.39, 0.29) is 29.9 Å². The first-order valence-electron chi connectivity index (χ1n) is 11.0. The van der Waals surface area contributed by atoms with Gasteiger partial charge in [0.15, 0.2) is 5.78 Å². The maximum Gasteiger partial charge on any atom is 0.573 e. The number of halogens is 3. The highest BCUT2D eigenvalue weighted by Gasteiger charge is 2.31. The van der Waals surface area contributed by atoms with Crippen LogP contribution in [0, 0.1) is 6.92 Å². The molecule has 1 saturated heterocycles. The molecule has 1 aliphatic carbocycles. The molecule has 0 saturated carbocycles. The number of nitrogens with one attached hydrogen (secondary N) is 2. The lowest BCUT2D eigenvalue weighted by Crippen LogP contribution is -2.50. The number of piperazine rings is 1. The summed E-state index contributed by atoms with van der Waals surface area (Å²) >= 11 is 0. The van der Waals surface area contributed by atoms with Crippen LogP contribution >= 0.6 is 0 Å². The Balaban J connectivity index is 1.27. The number of fused-ring (bicyclic) bond motifs is 1. The van der Waals surface area contributed by atoms with Gasteiger partial charge in [-0.1, -0.05) is 0 Å². The summed E-state index contributed by atoms with van der Waals surface area (Å²) in [6.07, 6.45) is -2.72. The zero-order chi connectivity index (χ0) is 24.5. The van der Waals surface area contributed by atoms with Gasteiger partial charge in [-0.25, -0.2) is 0 Å². The number of H-pyrrole nitrogens is 1. The summed E-state index contributed by atoms with van der Waals surface area (Å²) in [6, 6.07) is 4.92. The van der Waals surface area contributed by atoms with Gasteiger partial charge in [-0.3, -0.25) is 19.3 Å². The summed E-state index contributed by atoms with van der Waals surface area (Å²) < 4.78 is 40.5. The summed E-state index contributed by atoms with van der Waals surface area (Å²) in [5.41, 5.74) is 3.02. The lowest BCUT2D eigenvalue weighted by atomic mass is 9.93. The average Bonchev–Trinajstić information content (AvgIpc) is 3.12. The van der Waals surface area contributed by atoms with Crippen LogP contribution in [-0.2, 0) is 11.2 Å². The minimum absolute atomic E-state index is 0.0763. The summed E-state index contributed by atoms with van der Waals surface area (Å²) in [5, 5.41) is 2.64. The van der Waals surface area contributed by atoms with Crippen molar-refractivity contribution in [1.29, 1.82) is 0 Å². The van der Waals surface area contributed by atoms with Crippen molar-refractivity contribution in [2.45, 2.75) is 32.5 Å². The standard InChI is InChI=1S/C23H25F3N4O4/c1-14-20-17(3-2-4-18(20)31)28-21(14)22(33)30-11-9-29(10-12-30)13-19(32)27-15-5-7-16(8-6-15)34-23(24,25)26/h5-8,28H,2-4,9-13H2,1H3,(H,27,32). The SMILES string of the molecule is Cc1c(C(=O)N2CCN(CC(=O)Nc3ccc(OC(F)(F)F)cc3)CC2)[nH]c2c1C(=O)CCC2. The number of aromatic amines is 1. The highest BCUT2D eigenvalue weighted by Crippen LogP contribution is 2.27. The zero-order valence-corrected chi connectivity index (χ0v) is 18.6. The van der Waals surface area contributed by atoms with Gasteiger partial charge in [0.2, 0.25) is 5.91 Å². The van der Waals surface area contributed by atoms with E-state index in [0.29, 0.717) is 55.1 Å². The van der Waals surface area contributed by atoms with Crippen LogP contribution in [0.15, 0.2) is 24.3 Å². The van der Waals surface area contributed by atoms with E-state index in [1.165, 1.54) is 12.1 Å². The number of ether oxygens (including phenoxy) is 1.